The van der Waals surface area contributed by atoms with E-state index >= 15 is 0 Å². The minimum absolute atomic E-state index is 0.0673. The van der Waals surface area contributed by atoms with Crippen LogP contribution in [0.15, 0.2) is 39.9 Å². The van der Waals surface area contributed by atoms with Gasteiger partial charge in [-0.2, -0.15) is 4.98 Å². The number of hydrogen-bond acceptors (Lipinski definition) is 5. The van der Waals surface area contributed by atoms with Crippen molar-refractivity contribution in [2.75, 3.05) is 4.90 Å². The monoisotopic (exact) mass is 367 g/mol. The Morgan fingerprint density at radius 1 is 0.963 bits per heavy atom. The summed E-state index contributed by atoms with van der Waals surface area (Å²) in [6.07, 6.45) is 0.514. The Balaban J connectivity index is 1.90. The Labute approximate surface area is 153 Å². The number of anilines is 1. The van der Waals surface area contributed by atoms with E-state index in [1.165, 1.54) is 23.6 Å². The molecule has 9 nitrogen and oxygen atoms in total. The summed E-state index contributed by atoms with van der Waals surface area (Å²) in [5, 5.41) is 0. The largest absolute Gasteiger partial charge is 0.332 e. The number of carbonyl (C=O) groups excluding carboxylic acids is 2. The molecule has 138 valence electrons. The Morgan fingerprint density at radius 2 is 1.63 bits per heavy atom. The summed E-state index contributed by atoms with van der Waals surface area (Å²) in [7, 11) is 2.79. The van der Waals surface area contributed by atoms with Crippen LogP contribution in [0.1, 0.15) is 17.3 Å². The molecule has 9 heteroatoms. The van der Waals surface area contributed by atoms with Gasteiger partial charge < -0.3 is 0 Å². The van der Waals surface area contributed by atoms with Crippen molar-refractivity contribution >= 4 is 28.9 Å². The Kier molecular flexibility index (Phi) is 3.62. The minimum Gasteiger partial charge on any atom is -0.279 e. The van der Waals surface area contributed by atoms with Gasteiger partial charge in [-0.15, -0.1) is 0 Å². The number of amides is 1. The average molecular weight is 367 g/mol. The van der Waals surface area contributed by atoms with Gasteiger partial charge >= 0.3 is 17.5 Å². The first-order chi connectivity index (χ1) is 12.8. The molecular weight excluding hydrogens is 350 g/mol. The highest BCUT2D eigenvalue weighted by molar-refractivity contribution is 6.45. The van der Waals surface area contributed by atoms with Crippen LogP contribution in [0.4, 0.5) is 5.95 Å². The zero-order valence-corrected chi connectivity index (χ0v) is 15.0. The molecule has 0 spiro atoms. The molecule has 0 bridgehead atoms. The van der Waals surface area contributed by atoms with E-state index in [0.29, 0.717) is 6.42 Å². The highest BCUT2D eigenvalue weighted by atomic mass is 16.2. The normalized spacial score (nSPS) is 14.9. The molecule has 27 heavy (non-hydrogen) atoms. The lowest BCUT2D eigenvalue weighted by atomic mass is 10.1. The van der Waals surface area contributed by atoms with E-state index in [2.05, 4.69) is 4.98 Å². The van der Waals surface area contributed by atoms with Gasteiger partial charge in [-0.1, -0.05) is 30.3 Å². The van der Waals surface area contributed by atoms with Gasteiger partial charge in [0.2, 0.25) is 5.95 Å². The van der Waals surface area contributed by atoms with E-state index in [4.69, 9.17) is 0 Å². The van der Waals surface area contributed by atoms with Gasteiger partial charge in [-0.05, 0) is 18.9 Å². The number of imidazole rings is 1. The summed E-state index contributed by atoms with van der Waals surface area (Å²) in [5.74, 6) is -1.51. The molecule has 3 aromatic rings. The van der Waals surface area contributed by atoms with Crippen LogP contribution in [0.3, 0.4) is 0 Å². The van der Waals surface area contributed by atoms with Crippen LogP contribution >= 0.6 is 0 Å². The molecule has 1 aliphatic rings. The third kappa shape index (κ3) is 2.28. The van der Waals surface area contributed by atoms with Crippen molar-refractivity contribution in [2.45, 2.75) is 19.4 Å². The minimum atomic E-state index is -0.844. The Bertz CT molecular complexity index is 1220. The van der Waals surface area contributed by atoms with Crippen LogP contribution in [0.25, 0.3) is 11.2 Å². The number of aryl methyl sites for hydroxylation is 1. The van der Waals surface area contributed by atoms with Crippen LogP contribution in [-0.4, -0.2) is 36.5 Å². The van der Waals surface area contributed by atoms with E-state index in [0.717, 1.165) is 14.7 Å². The molecule has 0 aliphatic carbocycles. The SMILES string of the molecule is CC(Cc1ccccc1)N1C(=O)C(=O)n2c1nc1c2c(=O)n(C)c(=O)n1C. The number of rotatable bonds is 3. The molecule has 0 radical (unpaired) electrons. The molecule has 1 unspecified atom stereocenters. The first-order valence-corrected chi connectivity index (χ1v) is 8.43. The van der Waals surface area contributed by atoms with Crippen molar-refractivity contribution in [3.63, 3.8) is 0 Å². The molecule has 0 saturated carbocycles. The van der Waals surface area contributed by atoms with Crippen molar-refractivity contribution in [1.82, 2.24) is 18.7 Å². The number of hydrogen-bond donors (Lipinski definition) is 0. The predicted molar refractivity (Wildman–Crippen MR) is 97.9 cm³/mol. The fraction of sp³-hybridized carbons (Fsp3) is 0.278. The van der Waals surface area contributed by atoms with Crippen molar-refractivity contribution in [2.24, 2.45) is 14.1 Å². The maximum atomic E-state index is 12.6. The smallest absolute Gasteiger partial charge is 0.279 e. The van der Waals surface area contributed by atoms with E-state index in [9.17, 15) is 19.2 Å². The quantitative estimate of drug-likeness (QED) is 0.609. The second kappa shape index (κ2) is 5.76. The van der Waals surface area contributed by atoms with Gasteiger partial charge in [0.25, 0.3) is 5.56 Å². The Morgan fingerprint density at radius 3 is 2.30 bits per heavy atom. The number of aromatic nitrogens is 4. The number of nitrogens with zero attached hydrogens (tertiary/aromatic N) is 5. The molecule has 4 rings (SSSR count). The van der Waals surface area contributed by atoms with Crippen LogP contribution in [0, 0.1) is 0 Å². The van der Waals surface area contributed by atoms with Crippen LogP contribution in [0.2, 0.25) is 0 Å². The van der Waals surface area contributed by atoms with Crippen LogP contribution in [0.5, 0.6) is 0 Å². The van der Waals surface area contributed by atoms with Gasteiger partial charge in [-0.25, -0.2) is 9.36 Å². The standard InChI is InChI=1S/C18H17N5O4/c1-10(9-11-7-5-4-6-8-11)22-15(25)16(26)23-12-13(19-17(22)23)20(2)18(27)21(3)14(12)24/h4-8,10H,9H2,1-3H3. The third-order valence-corrected chi connectivity index (χ3v) is 4.88. The second-order valence-corrected chi connectivity index (χ2v) is 6.64. The molecular formula is C18H17N5O4. The predicted octanol–water partition coefficient (Wildman–Crippen LogP) is 0.0517. The second-order valence-electron chi connectivity index (χ2n) is 6.64. The first-order valence-electron chi connectivity index (χ1n) is 8.43. The molecule has 1 atom stereocenters. The molecule has 0 fully saturated rings. The zero-order chi connectivity index (χ0) is 19.5. The maximum Gasteiger partial charge on any atom is 0.332 e. The van der Waals surface area contributed by atoms with E-state index in [1.807, 2.05) is 37.3 Å². The molecule has 1 aromatic carbocycles. The topological polar surface area (TPSA) is 99.2 Å². The van der Waals surface area contributed by atoms with Crippen molar-refractivity contribution < 1.29 is 9.59 Å². The van der Waals surface area contributed by atoms with Gasteiger partial charge in [0.05, 0.1) is 0 Å². The highest BCUT2D eigenvalue weighted by Crippen LogP contribution is 2.28. The molecule has 2 aromatic heterocycles. The van der Waals surface area contributed by atoms with Gasteiger partial charge in [-0.3, -0.25) is 28.4 Å². The molecule has 3 heterocycles. The fourth-order valence-electron chi connectivity index (χ4n) is 3.47. The maximum absolute atomic E-state index is 12.6. The Hall–Kier alpha value is -3.49. The summed E-state index contributed by atoms with van der Waals surface area (Å²) in [6, 6.07) is 9.20. The lowest BCUT2D eigenvalue weighted by Gasteiger charge is -2.21. The van der Waals surface area contributed by atoms with E-state index in [-0.39, 0.29) is 23.2 Å². The number of fused-ring (bicyclic) bond motifs is 3. The summed E-state index contributed by atoms with van der Waals surface area (Å²) < 4.78 is 3.10. The summed E-state index contributed by atoms with van der Waals surface area (Å²) in [5.41, 5.74) is -0.196. The summed E-state index contributed by atoms with van der Waals surface area (Å²) in [6.45, 7) is 1.81. The average Bonchev–Trinajstić information content (AvgIpc) is 3.15. The van der Waals surface area contributed by atoms with Crippen LogP contribution < -0.4 is 16.1 Å². The highest BCUT2D eigenvalue weighted by Gasteiger charge is 2.42. The summed E-state index contributed by atoms with van der Waals surface area (Å²) in [4.78, 5) is 55.5. The molecule has 0 saturated heterocycles. The molecule has 1 aliphatic heterocycles. The van der Waals surface area contributed by atoms with Crippen molar-refractivity contribution in [3.8, 4) is 0 Å². The molecule has 0 N–H and O–H groups in total. The fourth-order valence-corrected chi connectivity index (χ4v) is 3.47. The van der Waals surface area contributed by atoms with Gasteiger partial charge in [0.15, 0.2) is 11.2 Å². The van der Waals surface area contributed by atoms with Crippen molar-refractivity contribution in [1.29, 1.82) is 0 Å². The van der Waals surface area contributed by atoms with Gasteiger partial charge in [0, 0.05) is 20.1 Å². The number of carbonyl (C=O) groups is 2. The van der Waals surface area contributed by atoms with Crippen molar-refractivity contribution in [3.05, 3.63) is 56.7 Å². The van der Waals surface area contributed by atoms with Gasteiger partial charge in [0.1, 0.15) is 0 Å². The summed E-state index contributed by atoms with van der Waals surface area (Å²) >= 11 is 0. The third-order valence-electron chi connectivity index (χ3n) is 4.88. The van der Waals surface area contributed by atoms with E-state index < -0.39 is 23.1 Å². The zero-order valence-electron chi connectivity index (χ0n) is 15.0. The number of benzene rings is 1. The first kappa shape index (κ1) is 17.0. The van der Waals surface area contributed by atoms with E-state index in [1.54, 1.807) is 0 Å². The van der Waals surface area contributed by atoms with Crippen LogP contribution in [-0.2, 0) is 25.3 Å². The molecule has 1 amide bonds. The lowest BCUT2D eigenvalue weighted by Crippen LogP contribution is -2.40. The lowest BCUT2D eigenvalue weighted by molar-refractivity contribution is -0.114.